The molecule has 1 aromatic heterocycles. The zero-order chi connectivity index (χ0) is 15.5. The van der Waals surface area contributed by atoms with Gasteiger partial charge in [0.2, 0.25) is 0 Å². The molecule has 22 heavy (non-hydrogen) atoms. The number of benzene rings is 2. The molecular weight excluding hydrogens is 344 g/mol. The third-order valence-corrected chi connectivity index (χ3v) is 4.05. The molecule has 2 aromatic carbocycles. The molecule has 0 N–H and O–H groups in total. The molecule has 0 atom stereocenters. The smallest absolute Gasteiger partial charge is 0.200 e. The van der Waals surface area contributed by atoms with Gasteiger partial charge in [0.05, 0.1) is 7.11 Å². The lowest BCUT2D eigenvalue weighted by Gasteiger charge is -2.08. The summed E-state index contributed by atoms with van der Waals surface area (Å²) in [6.45, 7) is 0. The summed E-state index contributed by atoms with van der Waals surface area (Å²) in [5.41, 5.74) is 1.56. The van der Waals surface area contributed by atoms with Crippen molar-refractivity contribution in [3.8, 4) is 28.4 Å². The van der Waals surface area contributed by atoms with E-state index in [1.54, 1.807) is 7.11 Å². The molecule has 0 aliphatic rings. The summed E-state index contributed by atoms with van der Waals surface area (Å²) in [5, 5.41) is 0. The van der Waals surface area contributed by atoms with Gasteiger partial charge >= 0.3 is 0 Å². The van der Waals surface area contributed by atoms with Gasteiger partial charge in [-0.05, 0) is 40.2 Å². The Balaban J connectivity index is 2.14. The van der Waals surface area contributed by atoms with E-state index in [-0.39, 0.29) is 5.43 Å². The van der Waals surface area contributed by atoms with Crippen molar-refractivity contribution in [2.75, 3.05) is 7.11 Å². The van der Waals surface area contributed by atoms with Crippen LogP contribution in [-0.2, 0) is 0 Å². The number of rotatable bonds is 3. The van der Waals surface area contributed by atoms with Gasteiger partial charge in [-0.15, -0.1) is 0 Å². The molecule has 1 heterocycles. The van der Waals surface area contributed by atoms with Gasteiger partial charge in [0.25, 0.3) is 0 Å². The summed E-state index contributed by atoms with van der Waals surface area (Å²) >= 11 is 3.32. The molecule has 0 bridgehead atoms. The van der Waals surface area contributed by atoms with Gasteiger partial charge in [-0.3, -0.25) is 4.79 Å². The maximum atomic E-state index is 12.2. The van der Waals surface area contributed by atoms with E-state index in [0.29, 0.717) is 16.0 Å². The van der Waals surface area contributed by atoms with E-state index >= 15 is 0 Å². The fraction of sp³-hybridized carbons (Fsp3) is 0.0556. The Kier molecular flexibility index (Phi) is 4.11. The molecule has 0 saturated heterocycles. The SMILES string of the molecule is COc1ccc(-c2oc(-c3ccccc3)cc(=O)c2Br)cc1. The van der Waals surface area contributed by atoms with Gasteiger partial charge in [0.15, 0.2) is 11.2 Å². The number of ether oxygens (including phenoxy) is 1. The van der Waals surface area contributed by atoms with E-state index in [0.717, 1.165) is 16.9 Å². The first-order chi connectivity index (χ1) is 10.7. The first kappa shape index (κ1) is 14.6. The Bertz CT molecular complexity index is 836. The van der Waals surface area contributed by atoms with Gasteiger partial charge in [-0.2, -0.15) is 0 Å². The maximum Gasteiger partial charge on any atom is 0.200 e. The minimum absolute atomic E-state index is 0.115. The van der Waals surface area contributed by atoms with E-state index < -0.39 is 0 Å². The van der Waals surface area contributed by atoms with Gasteiger partial charge in [-0.25, -0.2) is 0 Å². The summed E-state index contributed by atoms with van der Waals surface area (Å²) < 4.78 is 11.5. The Labute approximate surface area is 136 Å². The molecule has 0 fully saturated rings. The molecule has 0 amide bonds. The van der Waals surface area contributed by atoms with E-state index in [4.69, 9.17) is 9.15 Å². The average Bonchev–Trinajstić information content (AvgIpc) is 2.58. The lowest BCUT2D eigenvalue weighted by molar-refractivity contribution is 0.415. The van der Waals surface area contributed by atoms with Crippen molar-refractivity contribution in [1.29, 1.82) is 0 Å². The van der Waals surface area contributed by atoms with Crippen LogP contribution in [-0.4, -0.2) is 7.11 Å². The molecule has 0 spiro atoms. The molecule has 3 aromatic rings. The molecule has 0 unspecified atom stereocenters. The van der Waals surface area contributed by atoms with E-state index in [1.807, 2.05) is 54.6 Å². The molecule has 110 valence electrons. The monoisotopic (exact) mass is 356 g/mol. The van der Waals surface area contributed by atoms with Crippen LogP contribution in [0.2, 0.25) is 0 Å². The summed E-state index contributed by atoms with van der Waals surface area (Å²) in [7, 11) is 1.61. The third-order valence-electron chi connectivity index (χ3n) is 3.30. The van der Waals surface area contributed by atoms with Crippen LogP contribution in [0.3, 0.4) is 0 Å². The maximum absolute atomic E-state index is 12.2. The van der Waals surface area contributed by atoms with Crippen LogP contribution in [0.15, 0.2) is 74.3 Å². The zero-order valence-electron chi connectivity index (χ0n) is 11.9. The molecule has 3 nitrogen and oxygen atoms in total. The standard InChI is InChI=1S/C18H13BrO3/c1-21-14-9-7-13(8-10-14)18-17(19)15(20)11-16(22-18)12-5-3-2-4-6-12/h2-11H,1H3. The Morgan fingerprint density at radius 3 is 2.27 bits per heavy atom. The second-order valence-electron chi connectivity index (χ2n) is 4.71. The Morgan fingerprint density at radius 2 is 1.64 bits per heavy atom. The van der Waals surface area contributed by atoms with Gasteiger partial charge in [0.1, 0.15) is 16.0 Å². The van der Waals surface area contributed by atoms with Crippen LogP contribution >= 0.6 is 15.9 Å². The highest BCUT2D eigenvalue weighted by Crippen LogP contribution is 2.31. The first-order valence-corrected chi connectivity index (χ1v) is 7.52. The van der Waals surface area contributed by atoms with Crippen molar-refractivity contribution >= 4 is 15.9 Å². The van der Waals surface area contributed by atoms with Crippen LogP contribution in [0.5, 0.6) is 5.75 Å². The van der Waals surface area contributed by atoms with Crippen LogP contribution in [0, 0.1) is 0 Å². The fourth-order valence-corrected chi connectivity index (χ4v) is 2.58. The molecule has 3 rings (SSSR count). The Hall–Kier alpha value is -2.33. The quantitative estimate of drug-likeness (QED) is 0.679. The number of halogens is 1. The highest BCUT2D eigenvalue weighted by atomic mass is 79.9. The van der Waals surface area contributed by atoms with E-state index in [2.05, 4.69) is 15.9 Å². The van der Waals surface area contributed by atoms with Crippen LogP contribution < -0.4 is 10.2 Å². The summed E-state index contributed by atoms with van der Waals surface area (Å²) in [6, 6.07) is 18.4. The predicted molar refractivity (Wildman–Crippen MR) is 90.1 cm³/mol. The van der Waals surface area contributed by atoms with Crippen LogP contribution in [0.25, 0.3) is 22.6 Å². The minimum Gasteiger partial charge on any atom is -0.497 e. The summed E-state index contributed by atoms with van der Waals surface area (Å²) in [4.78, 5) is 12.2. The summed E-state index contributed by atoms with van der Waals surface area (Å²) in [5.74, 6) is 1.80. The van der Waals surface area contributed by atoms with Crippen molar-refractivity contribution in [3.63, 3.8) is 0 Å². The number of methoxy groups -OCH3 is 1. The average molecular weight is 357 g/mol. The Morgan fingerprint density at radius 1 is 0.955 bits per heavy atom. The summed E-state index contributed by atoms with van der Waals surface area (Å²) in [6.07, 6.45) is 0. The zero-order valence-corrected chi connectivity index (χ0v) is 13.5. The molecule has 0 radical (unpaired) electrons. The van der Waals surface area contributed by atoms with Gasteiger partial charge in [0, 0.05) is 17.2 Å². The van der Waals surface area contributed by atoms with E-state index in [1.165, 1.54) is 6.07 Å². The van der Waals surface area contributed by atoms with Crippen LogP contribution in [0.1, 0.15) is 0 Å². The second kappa shape index (κ2) is 6.20. The number of hydrogen-bond donors (Lipinski definition) is 0. The van der Waals surface area contributed by atoms with Crippen molar-refractivity contribution < 1.29 is 9.15 Å². The molecule has 0 aliphatic carbocycles. The number of hydrogen-bond acceptors (Lipinski definition) is 3. The van der Waals surface area contributed by atoms with Crippen molar-refractivity contribution in [1.82, 2.24) is 0 Å². The second-order valence-corrected chi connectivity index (χ2v) is 5.51. The predicted octanol–water partition coefficient (Wildman–Crippen LogP) is 4.74. The highest BCUT2D eigenvalue weighted by Gasteiger charge is 2.13. The van der Waals surface area contributed by atoms with Crippen molar-refractivity contribution in [2.45, 2.75) is 0 Å². The van der Waals surface area contributed by atoms with Gasteiger partial charge in [-0.1, -0.05) is 30.3 Å². The lowest BCUT2D eigenvalue weighted by atomic mass is 10.1. The molecular formula is C18H13BrO3. The van der Waals surface area contributed by atoms with Gasteiger partial charge < -0.3 is 9.15 Å². The lowest BCUT2D eigenvalue weighted by Crippen LogP contribution is -2.02. The highest BCUT2D eigenvalue weighted by molar-refractivity contribution is 9.10. The molecule has 4 heteroatoms. The van der Waals surface area contributed by atoms with Crippen molar-refractivity contribution in [2.24, 2.45) is 0 Å². The normalized spacial score (nSPS) is 10.5. The fourth-order valence-electron chi connectivity index (χ4n) is 2.15. The largest absolute Gasteiger partial charge is 0.497 e. The van der Waals surface area contributed by atoms with Crippen LogP contribution in [0.4, 0.5) is 0 Å². The van der Waals surface area contributed by atoms with Crippen molar-refractivity contribution in [3.05, 3.63) is 75.4 Å². The molecule has 0 saturated carbocycles. The molecule has 0 aliphatic heterocycles. The van der Waals surface area contributed by atoms with E-state index in [9.17, 15) is 4.79 Å². The third kappa shape index (κ3) is 2.83. The topological polar surface area (TPSA) is 39.4 Å². The first-order valence-electron chi connectivity index (χ1n) is 6.72. The minimum atomic E-state index is -0.115.